The molecule has 37 heavy (non-hydrogen) atoms. The van der Waals surface area contributed by atoms with E-state index in [9.17, 15) is 8.78 Å². The molecule has 0 heterocycles. The molecule has 0 aromatic heterocycles. The summed E-state index contributed by atoms with van der Waals surface area (Å²) in [7, 11) is 0. The van der Waals surface area contributed by atoms with E-state index in [1.807, 2.05) is 12.1 Å². The van der Waals surface area contributed by atoms with Gasteiger partial charge in [-0.15, -0.1) is 0 Å². The number of ether oxygens (including phenoxy) is 2. The number of hydrogen-bond acceptors (Lipinski definition) is 2. The molecule has 1 fully saturated rings. The van der Waals surface area contributed by atoms with Crippen LogP contribution < -0.4 is 9.47 Å². The third kappa shape index (κ3) is 7.21. The zero-order chi connectivity index (χ0) is 26.0. The van der Waals surface area contributed by atoms with Crippen molar-refractivity contribution in [1.82, 2.24) is 0 Å². The Hall–Kier alpha value is -3.14. The molecule has 1 aliphatic rings. The Morgan fingerprint density at radius 2 is 1.27 bits per heavy atom. The zero-order valence-corrected chi connectivity index (χ0v) is 22.0. The van der Waals surface area contributed by atoms with Gasteiger partial charge in [0.2, 0.25) is 11.6 Å². The Bertz CT molecular complexity index is 1140. The average molecular weight is 505 g/mol. The van der Waals surface area contributed by atoms with Gasteiger partial charge in [0.15, 0.2) is 11.5 Å². The summed E-state index contributed by atoms with van der Waals surface area (Å²) in [6.45, 7) is 4.15. The maximum absolute atomic E-state index is 14.3. The summed E-state index contributed by atoms with van der Waals surface area (Å²) in [5, 5.41) is 0. The van der Waals surface area contributed by atoms with Gasteiger partial charge in [-0.3, -0.25) is 0 Å². The fourth-order valence-corrected chi connectivity index (χ4v) is 5.20. The number of rotatable bonds is 11. The van der Waals surface area contributed by atoms with E-state index in [2.05, 4.69) is 43.3 Å². The van der Waals surface area contributed by atoms with E-state index in [0.717, 1.165) is 5.56 Å². The van der Waals surface area contributed by atoms with E-state index in [-0.39, 0.29) is 18.1 Å². The maximum Gasteiger partial charge on any atom is 0.205 e. The van der Waals surface area contributed by atoms with E-state index >= 15 is 0 Å². The summed E-state index contributed by atoms with van der Waals surface area (Å²) in [6.07, 6.45) is 12.7. The first-order chi connectivity index (χ1) is 18.1. The van der Waals surface area contributed by atoms with E-state index in [1.54, 1.807) is 13.0 Å². The Kier molecular flexibility index (Phi) is 9.76. The summed E-state index contributed by atoms with van der Waals surface area (Å²) >= 11 is 0. The van der Waals surface area contributed by atoms with Crippen LogP contribution in [0.25, 0.3) is 0 Å². The van der Waals surface area contributed by atoms with Crippen LogP contribution in [-0.2, 0) is 13.0 Å². The van der Waals surface area contributed by atoms with Crippen molar-refractivity contribution in [3.8, 4) is 11.5 Å². The van der Waals surface area contributed by atoms with Crippen molar-refractivity contribution in [3.05, 3.63) is 107 Å². The van der Waals surface area contributed by atoms with Crippen LogP contribution in [0.4, 0.5) is 8.78 Å². The van der Waals surface area contributed by atoms with Crippen LogP contribution in [0, 0.1) is 11.6 Å². The number of allylic oxidation sites excluding steroid dienone is 1. The molecule has 0 amide bonds. The third-order valence-electron chi connectivity index (χ3n) is 7.44. The van der Waals surface area contributed by atoms with Gasteiger partial charge in [-0.25, -0.2) is 0 Å². The molecule has 3 aromatic rings. The van der Waals surface area contributed by atoms with Gasteiger partial charge in [-0.05, 0) is 91.7 Å². The minimum atomic E-state index is -1.05. The van der Waals surface area contributed by atoms with Gasteiger partial charge in [-0.2, -0.15) is 8.78 Å². The lowest BCUT2D eigenvalue weighted by atomic mass is 9.76. The van der Waals surface area contributed by atoms with E-state index < -0.39 is 11.6 Å². The van der Waals surface area contributed by atoms with Crippen molar-refractivity contribution >= 4 is 0 Å². The Morgan fingerprint density at radius 3 is 1.84 bits per heavy atom. The molecule has 2 nitrogen and oxygen atoms in total. The first-order valence-corrected chi connectivity index (χ1v) is 13.6. The molecular formula is C33H38F2O2. The molecule has 4 heteroatoms. The molecule has 0 atom stereocenters. The second kappa shape index (κ2) is 13.4. The first-order valence-electron chi connectivity index (χ1n) is 13.6. The molecule has 0 spiro atoms. The number of hydrogen-bond donors (Lipinski definition) is 0. The Labute approximate surface area is 220 Å². The highest BCUT2D eigenvalue weighted by Gasteiger charge is 2.23. The van der Waals surface area contributed by atoms with Crippen LogP contribution in [-0.4, -0.2) is 0 Å². The fourth-order valence-electron chi connectivity index (χ4n) is 5.20. The third-order valence-corrected chi connectivity index (χ3v) is 7.44. The molecule has 0 bridgehead atoms. The van der Waals surface area contributed by atoms with Crippen LogP contribution in [0.1, 0.15) is 92.9 Å². The Morgan fingerprint density at radius 1 is 0.730 bits per heavy atom. The molecule has 0 unspecified atom stereocenters. The average Bonchev–Trinajstić information content (AvgIpc) is 2.94. The first kappa shape index (κ1) is 26.9. The normalized spacial score (nSPS) is 17.7. The van der Waals surface area contributed by atoms with Gasteiger partial charge in [-0.1, -0.05) is 74.4 Å². The van der Waals surface area contributed by atoms with Gasteiger partial charge < -0.3 is 9.47 Å². The fraction of sp³-hybridized carbons (Fsp3) is 0.394. The molecule has 3 aromatic carbocycles. The van der Waals surface area contributed by atoms with E-state index in [0.29, 0.717) is 11.8 Å². The standard InChI is InChI=1S/C33H38F2O2/c1-3-5-6-7-24-8-12-26(13-9-24)28-16-18-29(19-17-28)27-14-10-25(11-15-27)23-37-31-21-20-30(36-22-4-2)32(34)33(31)35/h4,8-15,20-22,28-29H,3,5-7,16-19,23H2,1-2H3/b22-4+. The number of unbranched alkanes of at least 4 members (excludes halogenated alkanes) is 2. The molecule has 0 saturated heterocycles. The molecule has 0 N–H and O–H groups in total. The minimum Gasteiger partial charge on any atom is -0.486 e. The number of benzene rings is 3. The van der Waals surface area contributed by atoms with Crippen molar-refractivity contribution in [3.63, 3.8) is 0 Å². The van der Waals surface area contributed by atoms with Gasteiger partial charge in [0.05, 0.1) is 6.26 Å². The van der Waals surface area contributed by atoms with E-state index in [4.69, 9.17) is 9.47 Å². The lowest BCUT2D eigenvalue weighted by Crippen LogP contribution is -2.12. The monoisotopic (exact) mass is 504 g/mol. The molecular weight excluding hydrogens is 466 g/mol. The largest absolute Gasteiger partial charge is 0.486 e. The smallest absolute Gasteiger partial charge is 0.205 e. The minimum absolute atomic E-state index is 0.123. The van der Waals surface area contributed by atoms with E-state index in [1.165, 1.54) is 86.5 Å². The lowest BCUT2D eigenvalue weighted by Gasteiger charge is -2.29. The lowest BCUT2D eigenvalue weighted by molar-refractivity contribution is 0.281. The molecule has 1 aliphatic carbocycles. The predicted molar refractivity (Wildman–Crippen MR) is 146 cm³/mol. The Balaban J connectivity index is 1.27. The number of halogens is 2. The molecule has 1 saturated carbocycles. The number of aryl methyl sites for hydroxylation is 1. The highest BCUT2D eigenvalue weighted by Crippen LogP contribution is 2.40. The van der Waals surface area contributed by atoms with Crippen LogP contribution in [0.15, 0.2) is 73.0 Å². The quantitative estimate of drug-likeness (QED) is 0.191. The van der Waals surface area contributed by atoms with Crippen LogP contribution in [0.2, 0.25) is 0 Å². The molecule has 0 aliphatic heterocycles. The highest BCUT2D eigenvalue weighted by atomic mass is 19.2. The summed E-state index contributed by atoms with van der Waals surface area (Å²) in [5.41, 5.74) is 5.20. The maximum atomic E-state index is 14.3. The van der Waals surface area contributed by atoms with Gasteiger partial charge in [0, 0.05) is 0 Å². The SMILES string of the molecule is C/C=C/Oc1ccc(OCc2ccc(C3CCC(c4ccc(CCCCC)cc4)CC3)cc2)c(F)c1F. The van der Waals surface area contributed by atoms with Crippen molar-refractivity contribution in [2.75, 3.05) is 0 Å². The molecule has 0 radical (unpaired) electrons. The van der Waals surface area contributed by atoms with Crippen LogP contribution >= 0.6 is 0 Å². The summed E-state index contributed by atoms with van der Waals surface area (Å²) in [6, 6.07) is 20.5. The van der Waals surface area contributed by atoms with Gasteiger partial charge >= 0.3 is 0 Å². The van der Waals surface area contributed by atoms with Crippen molar-refractivity contribution < 1.29 is 18.3 Å². The van der Waals surface area contributed by atoms with Crippen molar-refractivity contribution in [1.29, 1.82) is 0 Å². The summed E-state index contributed by atoms with van der Waals surface area (Å²) < 4.78 is 39.1. The predicted octanol–water partition coefficient (Wildman–Crippen LogP) is 9.63. The molecule has 4 rings (SSSR count). The van der Waals surface area contributed by atoms with Crippen LogP contribution in [0.3, 0.4) is 0 Å². The topological polar surface area (TPSA) is 18.5 Å². The van der Waals surface area contributed by atoms with Crippen molar-refractivity contribution in [2.45, 2.75) is 83.7 Å². The second-order valence-electron chi connectivity index (χ2n) is 10.1. The van der Waals surface area contributed by atoms with Gasteiger partial charge in [0.25, 0.3) is 0 Å². The highest BCUT2D eigenvalue weighted by molar-refractivity contribution is 5.36. The summed E-state index contributed by atoms with van der Waals surface area (Å²) in [4.78, 5) is 0. The van der Waals surface area contributed by atoms with Crippen LogP contribution in [0.5, 0.6) is 11.5 Å². The zero-order valence-electron chi connectivity index (χ0n) is 22.0. The van der Waals surface area contributed by atoms with Gasteiger partial charge in [0.1, 0.15) is 6.61 Å². The second-order valence-corrected chi connectivity index (χ2v) is 10.1. The van der Waals surface area contributed by atoms with Crippen molar-refractivity contribution in [2.24, 2.45) is 0 Å². The molecule has 196 valence electrons. The summed E-state index contributed by atoms with van der Waals surface area (Å²) in [5.74, 6) is -1.16.